The quantitative estimate of drug-likeness (QED) is 0.324. The second kappa shape index (κ2) is 12.3. The largest absolute Gasteiger partial charge is 0.497 e. The number of carbonyl (C=O) groups excluding carboxylic acids is 2. The third-order valence-corrected chi connectivity index (χ3v) is 4.79. The number of carbonyl (C=O) groups is 2. The van der Waals surface area contributed by atoms with Crippen LogP contribution in [0.2, 0.25) is 10.0 Å². The molecule has 0 aliphatic carbocycles. The van der Waals surface area contributed by atoms with Crippen molar-refractivity contribution < 1.29 is 28.5 Å². The zero-order valence-corrected chi connectivity index (χ0v) is 20.4. The fourth-order valence-electron chi connectivity index (χ4n) is 2.79. The summed E-state index contributed by atoms with van der Waals surface area (Å²) in [6.07, 6.45) is 0. The molecule has 178 valence electrons. The zero-order chi connectivity index (χ0) is 24.5. The fraction of sp³-hybridized carbons (Fsp3) is 0.364. The number of benzene rings is 2. The molecule has 0 aliphatic heterocycles. The van der Waals surface area contributed by atoms with E-state index in [2.05, 4.69) is 15.5 Å². The average molecular weight is 498 g/mol. The summed E-state index contributed by atoms with van der Waals surface area (Å²) < 4.78 is 21.4. The standard InChI is InChI=1S/C22H25Cl2N3O6/c1-6-32-14-9-16(24)21(33-7-2)18(11-14)26-27-19(12(3)28)22(29)25-17-10-13(30-4)8-15(23)20(17)31-5/h8-11,19H,6-7H2,1-5H3,(H,25,29). The summed E-state index contributed by atoms with van der Waals surface area (Å²) in [5.74, 6) is 0.0312. The minimum Gasteiger partial charge on any atom is -0.497 e. The topological polar surface area (TPSA) is 108 Å². The number of amides is 1. The molecule has 0 spiro atoms. The van der Waals surface area contributed by atoms with Crippen LogP contribution >= 0.6 is 23.2 Å². The van der Waals surface area contributed by atoms with Gasteiger partial charge in [0.05, 0.1) is 43.2 Å². The number of nitrogens with zero attached hydrogens (tertiary/aromatic N) is 2. The summed E-state index contributed by atoms with van der Waals surface area (Å²) in [5, 5.41) is 11.1. The Labute approximate surface area is 202 Å². The molecule has 33 heavy (non-hydrogen) atoms. The Kier molecular flexibility index (Phi) is 9.74. The maximum atomic E-state index is 12.9. The maximum absolute atomic E-state index is 12.9. The van der Waals surface area contributed by atoms with Gasteiger partial charge in [-0.2, -0.15) is 10.2 Å². The van der Waals surface area contributed by atoms with Gasteiger partial charge in [-0.3, -0.25) is 9.59 Å². The Bertz CT molecular complexity index is 1050. The van der Waals surface area contributed by atoms with E-state index >= 15 is 0 Å². The lowest BCUT2D eigenvalue weighted by Gasteiger charge is -2.15. The molecule has 9 nitrogen and oxygen atoms in total. The van der Waals surface area contributed by atoms with Gasteiger partial charge in [-0.1, -0.05) is 23.2 Å². The highest BCUT2D eigenvalue weighted by atomic mass is 35.5. The molecule has 0 aliphatic rings. The van der Waals surface area contributed by atoms with Crippen molar-refractivity contribution >= 4 is 46.3 Å². The lowest BCUT2D eigenvalue weighted by molar-refractivity contribution is -0.126. The minimum atomic E-state index is -1.45. The number of rotatable bonds is 11. The van der Waals surface area contributed by atoms with Gasteiger partial charge in [0, 0.05) is 24.3 Å². The van der Waals surface area contributed by atoms with E-state index in [9.17, 15) is 9.59 Å². The smallest absolute Gasteiger partial charge is 0.258 e. The highest BCUT2D eigenvalue weighted by Crippen LogP contribution is 2.40. The van der Waals surface area contributed by atoms with Crippen molar-refractivity contribution in [3.05, 3.63) is 34.3 Å². The molecule has 0 fully saturated rings. The summed E-state index contributed by atoms with van der Waals surface area (Å²) in [7, 11) is 2.85. The van der Waals surface area contributed by atoms with E-state index in [-0.39, 0.29) is 32.9 Å². The number of hydrogen-bond acceptors (Lipinski definition) is 8. The molecular weight excluding hydrogens is 473 g/mol. The minimum absolute atomic E-state index is 0.208. The number of Topliss-reactive ketones (excluding diaryl/α,β-unsaturated/α-hetero) is 1. The van der Waals surface area contributed by atoms with Crippen LogP contribution in [-0.2, 0) is 9.59 Å². The first-order valence-corrected chi connectivity index (χ1v) is 10.7. The molecule has 0 saturated heterocycles. The molecule has 0 aromatic heterocycles. The van der Waals surface area contributed by atoms with E-state index in [1.165, 1.54) is 33.3 Å². The number of hydrogen-bond donors (Lipinski definition) is 1. The van der Waals surface area contributed by atoms with Gasteiger partial charge in [-0.25, -0.2) is 0 Å². The Morgan fingerprint density at radius 1 is 0.939 bits per heavy atom. The molecule has 0 heterocycles. The molecule has 0 radical (unpaired) electrons. The van der Waals surface area contributed by atoms with Crippen LogP contribution in [0.5, 0.6) is 23.0 Å². The molecule has 1 amide bonds. The number of nitrogens with one attached hydrogen (secondary N) is 1. The molecule has 1 N–H and O–H groups in total. The number of ketones is 1. The van der Waals surface area contributed by atoms with Crippen LogP contribution in [0.3, 0.4) is 0 Å². The van der Waals surface area contributed by atoms with Crippen molar-refractivity contribution in [2.24, 2.45) is 10.2 Å². The van der Waals surface area contributed by atoms with Gasteiger partial charge in [-0.15, -0.1) is 0 Å². The van der Waals surface area contributed by atoms with Crippen molar-refractivity contribution in [1.82, 2.24) is 0 Å². The Balaban J connectivity index is 2.40. The van der Waals surface area contributed by atoms with E-state index in [0.717, 1.165) is 0 Å². The predicted octanol–water partition coefficient (Wildman–Crippen LogP) is 5.49. The molecule has 2 aromatic rings. The summed E-state index contributed by atoms with van der Waals surface area (Å²) >= 11 is 12.5. The van der Waals surface area contributed by atoms with Crippen molar-refractivity contribution in [2.75, 3.05) is 32.8 Å². The highest BCUT2D eigenvalue weighted by molar-refractivity contribution is 6.33. The summed E-state index contributed by atoms with van der Waals surface area (Å²) in [6.45, 7) is 5.56. The number of halogens is 2. The first-order chi connectivity index (χ1) is 15.7. The van der Waals surface area contributed by atoms with Gasteiger partial charge in [0.1, 0.15) is 17.2 Å². The predicted molar refractivity (Wildman–Crippen MR) is 126 cm³/mol. The van der Waals surface area contributed by atoms with Crippen LogP contribution in [0.15, 0.2) is 34.5 Å². The summed E-state index contributed by atoms with van der Waals surface area (Å²) in [4.78, 5) is 25.1. The van der Waals surface area contributed by atoms with E-state index in [0.29, 0.717) is 24.7 Å². The SMILES string of the molecule is CCOc1cc(Cl)c(OCC)c(N=NC(C(C)=O)C(=O)Nc2cc(OC)cc(Cl)c2OC)c1. The lowest BCUT2D eigenvalue weighted by Crippen LogP contribution is -2.32. The number of ether oxygens (including phenoxy) is 4. The molecule has 2 rings (SSSR count). The van der Waals surface area contributed by atoms with E-state index in [4.69, 9.17) is 42.1 Å². The molecule has 11 heteroatoms. The van der Waals surface area contributed by atoms with E-state index in [1.807, 2.05) is 6.92 Å². The fourth-order valence-corrected chi connectivity index (χ4v) is 3.34. The van der Waals surface area contributed by atoms with E-state index < -0.39 is 17.7 Å². The second-order valence-corrected chi connectivity index (χ2v) is 7.34. The van der Waals surface area contributed by atoms with Gasteiger partial charge in [-0.05, 0) is 20.8 Å². The average Bonchev–Trinajstić information content (AvgIpc) is 2.75. The normalized spacial score (nSPS) is 11.7. The van der Waals surface area contributed by atoms with Crippen LogP contribution in [0.4, 0.5) is 11.4 Å². The van der Waals surface area contributed by atoms with Crippen LogP contribution < -0.4 is 24.3 Å². The first kappa shape index (κ1) is 26.2. The second-order valence-electron chi connectivity index (χ2n) is 6.53. The Morgan fingerprint density at radius 2 is 1.58 bits per heavy atom. The molecule has 1 unspecified atom stereocenters. The first-order valence-electron chi connectivity index (χ1n) is 9.98. The molecular formula is C22H25Cl2N3O6. The zero-order valence-electron chi connectivity index (χ0n) is 18.9. The van der Waals surface area contributed by atoms with Gasteiger partial charge < -0.3 is 24.3 Å². The van der Waals surface area contributed by atoms with Crippen LogP contribution in [-0.4, -0.2) is 45.2 Å². The number of azo groups is 1. The molecule has 0 bridgehead atoms. The Hall–Kier alpha value is -3.04. The van der Waals surface area contributed by atoms with Crippen molar-refractivity contribution in [3.63, 3.8) is 0 Å². The van der Waals surface area contributed by atoms with Crippen LogP contribution in [0.25, 0.3) is 0 Å². The molecule has 1 atom stereocenters. The number of anilines is 1. The van der Waals surface area contributed by atoms with Gasteiger partial charge in [0.25, 0.3) is 5.91 Å². The highest BCUT2D eigenvalue weighted by Gasteiger charge is 2.25. The molecule has 0 saturated carbocycles. The molecule has 2 aromatic carbocycles. The lowest BCUT2D eigenvalue weighted by atomic mass is 10.2. The summed E-state index contributed by atoms with van der Waals surface area (Å²) in [6, 6.07) is 4.73. The van der Waals surface area contributed by atoms with Crippen molar-refractivity contribution in [2.45, 2.75) is 26.8 Å². The maximum Gasteiger partial charge on any atom is 0.258 e. The van der Waals surface area contributed by atoms with Crippen LogP contribution in [0, 0.1) is 0 Å². The Morgan fingerprint density at radius 3 is 2.15 bits per heavy atom. The van der Waals surface area contributed by atoms with E-state index in [1.54, 1.807) is 19.1 Å². The van der Waals surface area contributed by atoms with Gasteiger partial charge in [0.15, 0.2) is 17.3 Å². The monoisotopic (exact) mass is 497 g/mol. The van der Waals surface area contributed by atoms with Crippen LogP contribution in [0.1, 0.15) is 20.8 Å². The van der Waals surface area contributed by atoms with Crippen molar-refractivity contribution in [3.8, 4) is 23.0 Å². The third kappa shape index (κ3) is 6.72. The summed E-state index contributed by atoms with van der Waals surface area (Å²) in [5.41, 5.74) is 0.429. The number of methoxy groups -OCH3 is 2. The van der Waals surface area contributed by atoms with Crippen molar-refractivity contribution in [1.29, 1.82) is 0 Å². The van der Waals surface area contributed by atoms with Gasteiger partial charge >= 0.3 is 0 Å². The third-order valence-electron chi connectivity index (χ3n) is 4.23. The van der Waals surface area contributed by atoms with Gasteiger partial charge in [0.2, 0.25) is 6.04 Å².